The maximum Gasteiger partial charge on any atom is 0.225 e. The number of benzene rings is 2. The highest BCUT2D eigenvalue weighted by molar-refractivity contribution is 6.31. The van der Waals surface area contributed by atoms with Crippen molar-refractivity contribution in [2.45, 2.75) is 31.7 Å². The first-order chi connectivity index (χ1) is 13.2. The highest BCUT2D eigenvalue weighted by Gasteiger charge is 2.25. The van der Waals surface area contributed by atoms with E-state index < -0.39 is 0 Å². The Morgan fingerprint density at radius 2 is 2.04 bits per heavy atom. The number of H-pyrrole nitrogens is 2. The lowest BCUT2D eigenvalue weighted by atomic mass is 9.91. The summed E-state index contributed by atoms with van der Waals surface area (Å²) in [5.74, 6) is 0.0503. The average molecular weight is 378 g/mol. The van der Waals surface area contributed by atoms with Crippen LogP contribution in [-0.4, -0.2) is 15.9 Å². The standard InChI is InChI=1S/C22H20ClN3O/c23-14-8-9-19-17(11-14)16-5-3-7-20(22(16)26-19)25-21(27)10-13-12-24-18-6-2-1-4-15(13)18/h1-2,4,6,8-9,11-12,20,24,26H,3,5,7,10H2,(H,25,27). The van der Waals surface area contributed by atoms with Gasteiger partial charge in [-0.05, 0) is 54.7 Å². The van der Waals surface area contributed by atoms with E-state index in [2.05, 4.69) is 21.4 Å². The lowest BCUT2D eigenvalue weighted by molar-refractivity contribution is -0.121. The van der Waals surface area contributed by atoms with Crippen molar-refractivity contribution in [2.75, 3.05) is 0 Å². The second-order valence-corrected chi connectivity index (χ2v) is 7.69. The molecule has 1 atom stereocenters. The Labute approximate surface area is 161 Å². The number of para-hydroxylation sites is 1. The van der Waals surface area contributed by atoms with Gasteiger partial charge in [0.1, 0.15) is 0 Å². The molecule has 0 fully saturated rings. The van der Waals surface area contributed by atoms with Gasteiger partial charge in [0.15, 0.2) is 0 Å². The topological polar surface area (TPSA) is 60.7 Å². The van der Waals surface area contributed by atoms with Crippen LogP contribution in [0.2, 0.25) is 5.02 Å². The van der Waals surface area contributed by atoms with Crippen molar-refractivity contribution >= 4 is 39.3 Å². The predicted octanol–water partition coefficient (Wildman–Crippen LogP) is 5.04. The third kappa shape index (κ3) is 2.90. The highest BCUT2D eigenvalue weighted by atomic mass is 35.5. The molecule has 5 rings (SSSR count). The van der Waals surface area contributed by atoms with E-state index in [-0.39, 0.29) is 11.9 Å². The molecule has 1 amide bonds. The second-order valence-electron chi connectivity index (χ2n) is 7.26. The fraction of sp³-hybridized carbons (Fsp3) is 0.227. The monoisotopic (exact) mass is 377 g/mol. The maximum atomic E-state index is 12.7. The smallest absolute Gasteiger partial charge is 0.225 e. The Balaban J connectivity index is 1.40. The van der Waals surface area contributed by atoms with Gasteiger partial charge in [-0.15, -0.1) is 0 Å². The van der Waals surface area contributed by atoms with Crippen LogP contribution >= 0.6 is 11.6 Å². The number of rotatable bonds is 3. The van der Waals surface area contributed by atoms with Crippen LogP contribution in [0.4, 0.5) is 0 Å². The molecule has 0 radical (unpaired) electrons. The van der Waals surface area contributed by atoms with Gasteiger partial charge in [-0.1, -0.05) is 29.8 Å². The molecular weight excluding hydrogens is 358 g/mol. The van der Waals surface area contributed by atoms with Crippen molar-refractivity contribution in [2.24, 2.45) is 0 Å². The lowest BCUT2D eigenvalue weighted by Crippen LogP contribution is -2.32. The Kier molecular flexibility index (Phi) is 3.94. The number of carbonyl (C=O) groups is 1. The quantitative estimate of drug-likeness (QED) is 0.460. The van der Waals surface area contributed by atoms with Crippen LogP contribution in [0.25, 0.3) is 21.8 Å². The summed E-state index contributed by atoms with van der Waals surface area (Å²) in [5, 5.41) is 6.26. The summed E-state index contributed by atoms with van der Waals surface area (Å²) in [6.07, 6.45) is 5.34. The summed E-state index contributed by atoms with van der Waals surface area (Å²) in [6.45, 7) is 0. The Morgan fingerprint density at radius 1 is 1.15 bits per heavy atom. The van der Waals surface area contributed by atoms with Gasteiger partial charge in [-0.2, -0.15) is 0 Å². The zero-order chi connectivity index (χ0) is 18.4. The van der Waals surface area contributed by atoms with Gasteiger partial charge >= 0.3 is 0 Å². The molecule has 4 nitrogen and oxygen atoms in total. The van der Waals surface area contributed by atoms with Crippen molar-refractivity contribution in [3.8, 4) is 0 Å². The molecule has 2 aromatic carbocycles. The number of carbonyl (C=O) groups excluding carboxylic acids is 1. The average Bonchev–Trinajstić information content (AvgIpc) is 3.24. The molecule has 2 aromatic heterocycles. The molecule has 136 valence electrons. The molecule has 3 N–H and O–H groups in total. The molecule has 1 unspecified atom stereocenters. The Hall–Kier alpha value is -2.72. The molecule has 2 heterocycles. The van der Waals surface area contributed by atoms with Crippen LogP contribution in [-0.2, 0) is 17.6 Å². The molecule has 0 spiro atoms. The second kappa shape index (κ2) is 6.46. The lowest BCUT2D eigenvalue weighted by Gasteiger charge is -2.24. The fourth-order valence-corrected chi connectivity index (χ4v) is 4.45. The highest BCUT2D eigenvalue weighted by Crippen LogP contribution is 2.35. The number of fused-ring (bicyclic) bond motifs is 4. The van der Waals surface area contributed by atoms with Gasteiger partial charge in [0.05, 0.1) is 12.5 Å². The van der Waals surface area contributed by atoms with E-state index in [9.17, 15) is 4.79 Å². The van der Waals surface area contributed by atoms with E-state index >= 15 is 0 Å². The number of hydrogen-bond acceptors (Lipinski definition) is 1. The SMILES string of the molecule is O=C(Cc1c[nH]c2ccccc12)NC1CCCc2c1[nH]c1ccc(Cl)cc21. The van der Waals surface area contributed by atoms with Gasteiger partial charge in [0.2, 0.25) is 5.91 Å². The van der Waals surface area contributed by atoms with Crippen LogP contribution in [0.1, 0.15) is 35.7 Å². The normalized spacial score (nSPS) is 16.6. The summed E-state index contributed by atoms with van der Waals surface area (Å²) in [6, 6.07) is 14.0. The molecule has 5 heteroatoms. The van der Waals surface area contributed by atoms with E-state index in [0.29, 0.717) is 6.42 Å². The van der Waals surface area contributed by atoms with Crippen LogP contribution in [0.5, 0.6) is 0 Å². The molecular formula is C22H20ClN3O. The number of aromatic nitrogens is 2. The zero-order valence-corrected chi connectivity index (χ0v) is 15.6. The van der Waals surface area contributed by atoms with Crippen molar-refractivity contribution in [1.82, 2.24) is 15.3 Å². The van der Waals surface area contributed by atoms with Gasteiger partial charge in [-0.25, -0.2) is 0 Å². The van der Waals surface area contributed by atoms with Crippen LogP contribution in [0.3, 0.4) is 0 Å². The number of hydrogen-bond donors (Lipinski definition) is 3. The number of aromatic amines is 2. The first-order valence-electron chi connectivity index (χ1n) is 9.33. The third-order valence-electron chi connectivity index (χ3n) is 5.53. The fourth-order valence-electron chi connectivity index (χ4n) is 4.28. The van der Waals surface area contributed by atoms with Crippen LogP contribution < -0.4 is 5.32 Å². The molecule has 0 bridgehead atoms. The molecule has 1 aliphatic carbocycles. The molecule has 4 aromatic rings. The van der Waals surface area contributed by atoms with Gasteiger partial charge in [0.25, 0.3) is 0 Å². The number of halogens is 1. The van der Waals surface area contributed by atoms with Crippen molar-refractivity contribution in [3.05, 3.63) is 70.5 Å². The minimum atomic E-state index is 0.0256. The van der Waals surface area contributed by atoms with Gasteiger partial charge in [-0.3, -0.25) is 4.79 Å². The minimum Gasteiger partial charge on any atom is -0.361 e. The van der Waals surface area contributed by atoms with E-state index in [0.717, 1.165) is 52.0 Å². The van der Waals surface area contributed by atoms with E-state index in [4.69, 9.17) is 11.6 Å². The van der Waals surface area contributed by atoms with Crippen molar-refractivity contribution in [1.29, 1.82) is 0 Å². The number of aryl methyl sites for hydroxylation is 1. The maximum absolute atomic E-state index is 12.7. The summed E-state index contributed by atoms with van der Waals surface area (Å²) in [5.41, 5.74) is 5.60. The number of nitrogens with one attached hydrogen (secondary N) is 3. The van der Waals surface area contributed by atoms with E-state index in [1.54, 1.807) is 0 Å². The summed E-state index contributed by atoms with van der Waals surface area (Å²) in [4.78, 5) is 19.5. The van der Waals surface area contributed by atoms with Crippen molar-refractivity contribution in [3.63, 3.8) is 0 Å². The van der Waals surface area contributed by atoms with Crippen molar-refractivity contribution < 1.29 is 4.79 Å². The zero-order valence-electron chi connectivity index (χ0n) is 14.8. The molecule has 0 aliphatic heterocycles. The summed E-state index contributed by atoms with van der Waals surface area (Å²) in [7, 11) is 0. The Morgan fingerprint density at radius 3 is 2.96 bits per heavy atom. The number of amides is 1. The van der Waals surface area contributed by atoms with E-state index in [1.165, 1.54) is 10.9 Å². The van der Waals surface area contributed by atoms with E-state index in [1.807, 2.05) is 42.6 Å². The first-order valence-corrected chi connectivity index (χ1v) is 9.71. The Bertz CT molecular complexity index is 1160. The first kappa shape index (κ1) is 16.5. The summed E-state index contributed by atoms with van der Waals surface area (Å²) < 4.78 is 0. The molecule has 1 aliphatic rings. The minimum absolute atomic E-state index is 0.0256. The predicted molar refractivity (Wildman–Crippen MR) is 109 cm³/mol. The third-order valence-corrected chi connectivity index (χ3v) is 5.77. The molecule has 27 heavy (non-hydrogen) atoms. The van der Waals surface area contributed by atoms with Gasteiger partial charge < -0.3 is 15.3 Å². The van der Waals surface area contributed by atoms with Gasteiger partial charge in [0, 0.05) is 38.7 Å². The van der Waals surface area contributed by atoms with Crippen LogP contribution in [0.15, 0.2) is 48.7 Å². The largest absolute Gasteiger partial charge is 0.361 e. The molecule has 0 saturated heterocycles. The van der Waals surface area contributed by atoms with Crippen LogP contribution in [0, 0.1) is 0 Å². The summed E-state index contributed by atoms with van der Waals surface area (Å²) >= 11 is 6.18. The molecule has 0 saturated carbocycles.